The molecule has 0 aromatic carbocycles. The number of carbonyl (C=O) groups excluding carboxylic acids is 1. The second-order valence-corrected chi connectivity index (χ2v) is 4.23. The summed E-state index contributed by atoms with van der Waals surface area (Å²) in [4.78, 5) is 13.6. The number of hydrogen-bond donors (Lipinski definition) is 1. The first-order chi connectivity index (χ1) is 7.20. The highest BCUT2D eigenvalue weighted by Crippen LogP contribution is 2.22. The van der Waals surface area contributed by atoms with E-state index in [-0.39, 0.29) is 12.0 Å². The van der Waals surface area contributed by atoms with Crippen molar-refractivity contribution in [3.8, 4) is 0 Å². The summed E-state index contributed by atoms with van der Waals surface area (Å²) in [6, 6.07) is 0.212. The number of rotatable bonds is 4. The minimum atomic E-state index is -0.280. The van der Waals surface area contributed by atoms with Gasteiger partial charge in [0.2, 0.25) is 0 Å². The summed E-state index contributed by atoms with van der Waals surface area (Å²) in [6.07, 6.45) is 6.17. The van der Waals surface area contributed by atoms with Gasteiger partial charge in [-0.15, -0.1) is 0 Å². The third-order valence-corrected chi connectivity index (χ3v) is 3.34. The fourth-order valence-electron chi connectivity index (χ4n) is 2.31. The summed E-state index contributed by atoms with van der Waals surface area (Å²) in [5, 5.41) is 0. The highest BCUT2D eigenvalue weighted by Gasteiger charge is 2.28. The number of hydrogen-bond acceptors (Lipinski definition) is 4. The average molecular weight is 214 g/mol. The predicted octanol–water partition coefficient (Wildman–Crippen LogP) is 0.751. The number of methoxy groups -OCH3 is 1. The molecule has 4 heteroatoms. The van der Waals surface area contributed by atoms with E-state index in [1.807, 2.05) is 7.05 Å². The van der Waals surface area contributed by atoms with E-state index in [2.05, 4.69) is 4.90 Å². The van der Waals surface area contributed by atoms with Gasteiger partial charge in [-0.2, -0.15) is 0 Å². The van der Waals surface area contributed by atoms with Crippen LogP contribution in [-0.2, 0) is 9.53 Å². The summed E-state index contributed by atoms with van der Waals surface area (Å²) in [5.41, 5.74) is 5.61. The van der Waals surface area contributed by atoms with Crippen molar-refractivity contribution in [2.24, 2.45) is 5.73 Å². The number of likely N-dealkylation sites (N-methyl/N-ethyl adjacent to an activating group) is 1. The number of carbonyl (C=O) groups is 1. The summed E-state index contributed by atoms with van der Waals surface area (Å²) >= 11 is 0. The van der Waals surface area contributed by atoms with Gasteiger partial charge in [-0.3, -0.25) is 9.69 Å². The summed E-state index contributed by atoms with van der Waals surface area (Å²) in [5.74, 6) is -0.217. The first-order valence-electron chi connectivity index (χ1n) is 5.70. The molecule has 0 bridgehead atoms. The first-order valence-corrected chi connectivity index (χ1v) is 5.70. The molecule has 1 aliphatic carbocycles. The molecular formula is C11H22N2O2. The number of ether oxygens (including phenoxy) is 1. The van der Waals surface area contributed by atoms with Crippen LogP contribution in [0.4, 0.5) is 0 Å². The zero-order valence-electron chi connectivity index (χ0n) is 9.74. The van der Waals surface area contributed by atoms with Gasteiger partial charge in [0.15, 0.2) is 0 Å². The van der Waals surface area contributed by atoms with Crippen LogP contribution in [0.3, 0.4) is 0 Å². The predicted molar refractivity (Wildman–Crippen MR) is 59.5 cm³/mol. The largest absolute Gasteiger partial charge is 0.468 e. The van der Waals surface area contributed by atoms with Crippen molar-refractivity contribution in [2.45, 2.75) is 44.2 Å². The zero-order valence-corrected chi connectivity index (χ0v) is 9.74. The normalized spacial score (nSPS) is 20.3. The Morgan fingerprint density at radius 1 is 1.47 bits per heavy atom. The average Bonchev–Trinajstić information content (AvgIpc) is 2.30. The molecule has 2 N–H and O–H groups in total. The Balaban J connectivity index is 2.54. The minimum Gasteiger partial charge on any atom is -0.468 e. The number of esters is 1. The highest BCUT2D eigenvalue weighted by atomic mass is 16.5. The maximum absolute atomic E-state index is 11.5. The molecule has 4 nitrogen and oxygen atoms in total. The lowest BCUT2D eigenvalue weighted by molar-refractivity contribution is -0.147. The van der Waals surface area contributed by atoms with Gasteiger partial charge in [0.25, 0.3) is 0 Å². The molecule has 0 aromatic rings. The molecule has 1 rings (SSSR count). The lowest BCUT2D eigenvalue weighted by Crippen LogP contribution is -2.49. The maximum atomic E-state index is 11.5. The fraction of sp³-hybridized carbons (Fsp3) is 0.909. The molecule has 0 amide bonds. The zero-order chi connectivity index (χ0) is 11.3. The van der Waals surface area contributed by atoms with Crippen LogP contribution in [0.15, 0.2) is 0 Å². The van der Waals surface area contributed by atoms with Crippen molar-refractivity contribution >= 4 is 5.97 Å². The van der Waals surface area contributed by atoms with Gasteiger partial charge in [0.05, 0.1) is 7.11 Å². The Kier molecular flexibility index (Phi) is 5.05. The van der Waals surface area contributed by atoms with Crippen LogP contribution in [0.25, 0.3) is 0 Å². The molecule has 0 spiro atoms. The van der Waals surface area contributed by atoms with E-state index >= 15 is 0 Å². The van der Waals surface area contributed by atoms with Gasteiger partial charge in [0.1, 0.15) is 6.04 Å². The second-order valence-electron chi connectivity index (χ2n) is 4.23. The molecule has 1 aliphatic rings. The van der Waals surface area contributed by atoms with Crippen molar-refractivity contribution in [3.63, 3.8) is 0 Å². The van der Waals surface area contributed by atoms with Crippen LogP contribution in [-0.4, -0.2) is 43.7 Å². The fourth-order valence-corrected chi connectivity index (χ4v) is 2.31. The Hall–Kier alpha value is -0.610. The molecule has 1 atom stereocenters. The Labute approximate surface area is 91.8 Å². The lowest BCUT2D eigenvalue weighted by Gasteiger charge is -2.35. The van der Waals surface area contributed by atoms with Crippen molar-refractivity contribution in [1.29, 1.82) is 0 Å². The first kappa shape index (κ1) is 12.5. The van der Waals surface area contributed by atoms with E-state index in [1.54, 1.807) is 0 Å². The van der Waals surface area contributed by atoms with Crippen LogP contribution in [0.5, 0.6) is 0 Å². The van der Waals surface area contributed by atoms with E-state index in [1.165, 1.54) is 39.2 Å². The molecule has 0 aliphatic heterocycles. The molecule has 15 heavy (non-hydrogen) atoms. The number of nitrogens with zero attached hydrogens (tertiary/aromatic N) is 1. The smallest absolute Gasteiger partial charge is 0.324 e. The molecule has 0 saturated heterocycles. The quantitative estimate of drug-likeness (QED) is 0.702. The Morgan fingerprint density at radius 2 is 2.07 bits per heavy atom. The Morgan fingerprint density at radius 3 is 2.53 bits per heavy atom. The molecule has 0 radical (unpaired) electrons. The third kappa shape index (κ3) is 3.18. The standard InChI is InChI=1S/C11H22N2O2/c1-13(9-6-4-3-5-7-9)10(8-12)11(14)15-2/h9-10H,3-8,12H2,1-2H3. The van der Waals surface area contributed by atoms with Gasteiger partial charge in [-0.1, -0.05) is 19.3 Å². The van der Waals surface area contributed by atoms with E-state index in [0.29, 0.717) is 12.6 Å². The van der Waals surface area contributed by atoms with Crippen LogP contribution >= 0.6 is 0 Å². The number of nitrogens with two attached hydrogens (primary N) is 1. The van der Waals surface area contributed by atoms with Crippen LogP contribution < -0.4 is 5.73 Å². The van der Waals surface area contributed by atoms with Gasteiger partial charge in [-0.05, 0) is 19.9 Å². The topological polar surface area (TPSA) is 55.6 Å². The van der Waals surface area contributed by atoms with Crippen molar-refractivity contribution in [3.05, 3.63) is 0 Å². The lowest BCUT2D eigenvalue weighted by atomic mass is 9.93. The van der Waals surface area contributed by atoms with Gasteiger partial charge >= 0.3 is 5.97 Å². The van der Waals surface area contributed by atoms with Crippen LogP contribution in [0.1, 0.15) is 32.1 Å². The SMILES string of the molecule is COC(=O)C(CN)N(C)C1CCCCC1. The highest BCUT2D eigenvalue weighted by molar-refractivity contribution is 5.75. The van der Waals surface area contributed by atoms with Gasteiger partial charge in [-0.25, -0.2) is 0 Å². The molecule has 0 aromatic heterocycles. The van der Waals surface area contributed by atoms with E-state index < -0.39 is 0 Å². The van der Waals surface area contributed by atoms with Gasteiger partial charge < -0.3 is 10.5 Å². The van der Waals surface area contributed by atoms with Crippen LogP contribution in [0, 0.1) is 0 Å². The monoisotopic (exact) mass is 214 g/mol. The third-order valence-electron chi connectivity index (χ3n) is 3.34. The molecule has 0 heterocycles. The molecule has 1 saturated carbocycles. The van der Waals surface area contributed by atoms with Crippen molar-refractivity contribution < 1.29 is 9.53 Å². The summed E-state index contributed by atoms with van der Waals surface area (Å²) < 4.78 is 4.75. The van der Waals surface area contributed by atoms with Crippen molar-refractivity contribution in [1.82, 2.24) is 4.90 Å². The second kappa shape index (κ2) is 6.08. The van der Waals surface area contributed by atoms with E-state index in [0.717, 1.165) is 0 Å². The molecule has 1 unspecified atom stereocenters. The minimum absolute atomic E-state index is 0.217. The van der Waals surface area contributed by atoms with E-state index in [9.17, 15) is 4.79 Å². The summed E-state index contributed by atoms with van der Waals surface area (Å²) in [7, 11) is 3.39. The van der Waals surface area contributed by atoms with E-state index in [4.69, 9.17) is 10.5 Å². The van der Waals surface area contributed by atoms with Gasteiger partial charge in [0, 0.05) is 12.6 Å². The maximum Gasteiger partial charge on any atom is 0.324 e. The van der Waals surface area contributed by atoms with Crippen LogP contribution in [0.2, 0.25) is 0 Å². The molecule has 88 valence electrons. The van der Waals surface area contributed by atoms with Crippen molar-refractivity contribution in [2.75, 3.05) is 20.7 Å². The Bertz CT molecular complexity index is 203. The molecule has 1 fully saturated rings. The summed E-state index contributed by atoms with van der Waals surface area (Å²) in [6.45, 7) is 0.333. The molecular weight excluding hydrogens is 192 g/mol.